The van der Waals surface area contributed by atoms with Gasteiger partial charge in [0.05, 0.1) is 11.2 Å². The van der Waals surface area contributed by atoms with Crippen molar-refractivity contribution >= 4 is 28.5 Å². The van der Waals surface area contributed by atoms with Crippen molar-refractivity contribution in [2.45, 2.75) is 13.5 Å². The third-order valence-electron chi connectivity index (χ3n) is 5.51. The average Bonchev–Trinajstić information content (AvgIpc) is 2.79. The highest BCUT2D eigenvalue weighted by Crippen LogP contribution is 2.26. The maximum absolute atomic E-state index is 14.9. The van der Waals surface area contributed by atoms with Gasteiger partial charge in [-0.3, -0.25) is 14.6 Å². The van der Waals surface area contributed by atoms with Gasteiger partial charge in [0.2, 0.25) is 5.43 Å². The summed E-state index contributed by atoms with van der Waals surface area (Å²) in [5.41, 5.74) is 0.0728. The Morgan fingerprint density at radius 3 is 2.52 bits per heavy atom. The Balaban J connectivity index is 1.63. The van der Waals surface area contributed by atoms with Gasteiger partial charge in [0, 0.05) is 50.5 Å². The summed E-state index contributed by atoms with van der Waals surface area (Å²) in [6.45, 7) is 3.90. The minimum Gasteiger partial charge on any atom is -0.477 e. The number of carbonyl (C=O) groups is 2. The van der Waals surface area contributed by atoms with Gasteiger partial charge >= 0.3 is 5.97 Å². The van der Waals surface area contributed by atoms with Crippen LogP contribution in [0.5, 0.6) is 0 Å². The number of hydrogen-bond donors (Lipinski definition) is 1. The Kier molecular flexibility index (Phi) is 5.41. The second kappa shape index (κ2) is 8.17. The van der Waals surface area contributed by atoms with E-state index in [4.69, 9.17) is 0 Å². The van der Waals surface area contributed by atoms with Crippen LogP contribution in [0, 0.1) is 5.82 Å². The summed E-state index contributed by atoms with van der Waals surface area (Å²) in [6.07, 6.45) is 2.86. The molecule has 2 aromatic heterocycles. The number of aryl methyl sites for hydroxylation is 1. The molecule has 4 rings (SSSR count). The number of piperazine rings is 1. The molecule has 3 aromatic rings. The Morgan fingerprint density at radius 1 is 1.16 bits per heavy atom. The Hall–Kier alpha value is -3.75. The van der Waals surface area contributed by atoms with Crippen molar-refractivity contribution in [3.05, 3.63) is 70.0 Å². The molecule has 9 heteroatoms. The van der Waals surface area contributed by atoms with Crippen LogP contribution >= 0.6 is 0 Å². The van der Waals surface area contributed by atoms with Gasteiger partial charge in [-0.1, -0.05) is 6.07 Å². The average molecular weight is 424 g/mol. The standard InChI is InChI=1S/C22H21FN4O4/c1-2-25-13-15(22(30)31)20(28)14-11-16(23)19(12-18(14)25)26-7-9-27(10-8-26)21(29)17-5-3-4-6-24-17/h3-6,11-13H,2,7-10H2,1H3,(H,30,31). The number of rotatable bonds is 4. The van der Waals surface area contributed by atoms with Gasteiger partial charge < -0.3 is 19.5 Å². The van der Waals surface area contributed by atoms with E-state index in [-0.39, 0.29) is 16.9 Å². The first-order valence-corrected chi connectivity index (χ1v) is 9.96. The van der Waals surface area contributed by atoms with Gasteiger partial charge in [-0.05, 0) is 31.2 Å². The second-order valence-corrected chi connectivity index (χ2v) is 7.28. The Labute approximate surface area is 177 Å². The van der Waals surface area contributed by atoms with Crippen molar-refractivity contribution in [1.29, 1.82) is 0 Å². The van der Waals surface area contributed by atoms with E-state index in [0.29, 0.717) is 49.6 Å². The zero-order valence-electron chi connectivity index (χ0n) is 16.9. The van der Waals surface area contributed by atoms with Crippen LogP contribution in [0.1, 0.15) is 27.8 Å². The van der Waals surface area contributed by atoms with Gasteiger partial charge in [0.25, 0.3) is 5.91 Å². The molecule has 0 bridgehead atoms. The second-order valence-electron chi connectivity index (χ2n) is 7.28. The molecule has 1 saturated heterocycles. The molecule has 1 aliphatic heterocycles. The number of halogens is 1. The van der Waals surface area contributed by atoms with Crippen molar-refractivity contribution in [3.8, 4) is 0 Å². The summed E-state index contributed by atoms with van der Waals surface area (Å²) in [5, 5.41) is 9.31. The SMILES string of the molecule is CCn1cc(C(=O)O)c(=O)c2cc(F)c(N3CCN(C(=O)c4ccccn4)CC3)cc21. The van der Waals surface area contributed by atoms with E-state index in [2.05, 4.69) is 4.98 Å². The molecule has 1 amide bonds. The molecule has 1 N–H and O–H groups in total. The molecule has 0 saturated carbocycles. The number of aromatic nitrogens is 2. The lowest BCUT2D eigenvalue weighted by atomic mass is 10.1. The number of pyridine rings is 2. The van der Waals surface area contributed by atoms with Crippen molar-refractivity contribution in [2.24, 2.45) is 0 Å². The van der Waals surface area contributed by atoms with Gasteiger partial charge in [-0.15, -0.1) is 0 Å². The van der Waals surface area contributed by atoms with Crippen LogP contribution in [0.3, 0.4) is 0 Å². The summed E-state index contributed by atoms with van der Waals surface area (Å²) >= 11 is 0. The summed E-state index contributed by atoms with van der Waals surface area (Å²) in [7, 11) is 0. The fourth-order valence-electron chi connectivity index (χ4n) is 3.86. The lowest BCUT2D eigenvalue weighted by molar-refractivity contribution is 0.0693. The Morgan fingerprint density at radius 2 is 1.90 bits per heavy atom. The molecule has 1 fully saturated rings. The highest BCUT2D eigenvalue weighted by molar-refractivity contribution is 5.94. The van der Waals surface area contributed by atoms with Crippen LogP contribution in [0.15, 0.2) is 47.5 Å². The van der Waals surface area contributed by atoms with Crippen molar-refractivity contribution < 1.29 is 19.1 Å². The minimum atomic E-state index is -1.34. The summed E-state index contributed by atoms with van der Waals surface area (Å²) < 4.78 is 16.6. The van der Waals surface area contributed by atoms with E-state index in [0.717, 1.165) is 6.07 Å². The van der Waals surface area contributed by atoms with Crippen LogP contribution in [0.4, 0.5) is 10.1 Å². The van der Waals surface area contributed by atoms with Gasteiger partial charge in [0.1, 0.15) is 17.1 Å². The van der Waals surface area contributed by atoms with Crippen LogP contribution in [-0.4, -0.2) is 57.6 Å². The number of hydrogen-bond acceptors (Lipinski definition) is 5. The minimum absolute atomic E-state index is 0.0342. The predicted octanol–water partition coefficient (Wildman–Crippen LogP) is 2.22. The predicted molar refractivity (Wildman–Crippen MR) is 113 cm³/mol. The van der Waals surface area contributed by atoms with E-state index in [1.54, 1.807) is 39.9 Å². The van der Waals surface area contributed by atoms with E-state index >= 15 is 0 Å². The number of benzene rings is 1. The first kappa shape index (κ1) is 20.5. The number of carbonyl (C=O) groups excluding carboxylic acids is 1. The molecule has 8 nitrogen and oxygen atoms in total. The topological polar surface area (TPSA) is 95.7 Å². The largest absolute Gasteiger partial charge is 0.477 e. The number of anilines is 1. The lowest BCUT2D eigenvalue weighted by Gasteiger charge is -2.36. The van der Waals surface area contributed by atoms with Crippen molar-refractivity contribution in [3.63, 3.8) is 0 Å². The summed E-state index contributed by atoms with van der Waals surface area (Å²) in [6, 6.07) is 7.85. The third kappa shape index (κ3) is 3.74. The van der Waals surface area contributed by atoms with E-state index in [1.807, 2.05) is 11.8 Å². The number of amides is 1. The van der Waals surface area contributed by atoms with Gasteiger partial charge in [-0.2, -0.15) is 0 Å². The van der Waals surface area contributed by atoms with Crippen LogP contribution in [-0.2, 0) is 6.54 Å². The monoisotopic (exact) mass is 424 g/mol. The van der Waals surface area contributed by atoms with Crippen LogP contribution in [0.2, 0.25) is 0 Å². The van der Waals surface area contributed by atoms with Crippen LogP contribution in [0.25, 0.3) is 10.9 Å². The number of carboxylic acids is 1. The molecule has 0 aliphatic carbocycles. The molecule has 0 spiro atoms. The van der Waals surface area contributed by atoms with E-state index < -0.39 is 17.2 Å². The molecular formula is C22H21FN4O4. The first-order valence-electron chi connectivity index (χ1n) is 9.96. The molecular weight excluding hydrogens is 403 g/mol. The fraction of sp³-hybridized carbons (Fsp3) is 0.273. The molecule has 160 valence electrons. The van der Waals surface area contributed by atoms with E-state index in [1.165, 1.54) is 6.20 Å². The summed E-state index contributed by atoms with van der Waals surface area (Å²) in [5.74, 6) is -2.10. The molecule has 1 aromatic carbocycles. The molecule has 0 atom stereocenters. The first-order chi connectivity index (χ1) is 14.9. The molecule has 31 heavy (non-hydrogen) atoms. The normalized spacial score (nSPS) is 14.1. The molecule has 0 radical (unpaired) electrons. The van der Waals surface area contributed by atoms with Gasteiger partial charge in [0.15, 0.2) is 0 Å². The Bertz CT molecular complexity index is 1220. The smallest absolute Gasteiger partial charge is 0.341 e. The van der Waals surface area contributed by atoms with Crippen LogP contribution < -0.4 is 10.3 Å². The van der Waals surface area contributed by atoms with Crippen molar-refractivity contribution in [2.75, 3.05) is 31.1 Å². The number of nitrogens with zero attached hydrogens (tertiary/aromatic N) is 4. The molecule has 3 heterocycles. The van der Waals surface area contributed by atoms with E-state index in [9.17, 15) is 23.9 Å². The zero-order valence-corrected chi connectivity index (χ0v) is 16.9. The number of fused-ring (bicyclic) bond motifs is 1. The van der Waals surface area contributed by atoms with Crippen molar-refractivity contribution in [1.82, 2.24) is 14.5 Å². The van der Waals surface area contributed by atoms with Gasteiger partial charge in [-0.25, -0.2) is 9.18 Å². The maximum Gasteiger partial charge on any atom is 0.341 e. The molecule has 0 unspecified atom stereocenters. The molecule has 1 aliphatic rings. The quantitative estimate of drug-likeness (QED) is 0.690. The summed E-state index contributed by atoms with van der Waals surface area (Å²) in [4.78, 5) is 44.0. The highest BCUT2D eigenvalue weighted by Gasteiger charge is 2.25. The fourth-order valence-corrected chi connectivity index (χ4v) is 3.86. The zero-order chi connectivity index (χ0) is 22.1. The number of carboxylic acid groups (broad SMARTS) is 1. The lowest BCUT2D eigenvalue weighted by Crippen LogP contribution is -2.49. The third-order valence-corrected chi connectivity index (χ3v) is 5.51. The highest BCUT2D eigenvalue weighted by atomic mass is 19.1. The maximum atomic E-state index is 14.9. The number of aromatic carboxylic acids is 1.